The minimum Gasteiger partial charge on any atom is -0.467 e. The van der Waals surface area contributed by atoms with Crippen LogP contribution >= 0.6 is 0 Å². The minimum atomic E-state index is -0.452. The van der Waals surface area contributed by atoms with E-state index in [9.17, 15) is 4.39 Å². The highest BCUT2D eigenvalue weighted by Gasteiger charge is 2.23. The molecule has 6 nitrogen and oxygen atoms in total. The molecule has 18 heavy (non-hydrogen) atoms. The molecule has 1 aliphatic rings. The summed E-state index contributed by atoms with van der Waals surface area (Å²) in [5, 5.41) is 3.71. The number of fused-ring (bicyclic) bond motifs is 1. The van der Waals surface area contributed by atoms with Crippen molar-refractivity contribution in [3.8, 4) is 17.1 Å². The Morgan fingerprint density at radius 1 is 1.39 bits per heavy atom. The number of halogens is 1. The Kier molecular flexibility index (Phi) is 2.69. The van der Waals surface area contributed by atoms with Gasteiger partial charge in [0.25, 0.3) is 0 Å². The first kappa shape index (κ1) is 11.1. The SMILES string of the molecule is NCc1nc(-c2c(F)ccc3c2COCO3)no1. The molecule has 3 rings (SSSR count). The highest BCUT2D eigenvalue weighted by atomic mass is 19.1. The predicted molar refractivity (Wildman–Crippen MR) is 57.9 cm³/mol. The fraction of sp³-hybridized carbons (Fsp3) is 0.273. The quantitative estimate of drug-likeness (QED) is 0.863. The summed E-state index contributed by atoms with van der Waals surface area (Å²) in [6.45, 7) is 0.504. The van der Waals surface area contributed by atoms with Crippen molar-refractivity contribution < 1.29 is 18.4 Å². The zero-order chi connectivity index (χ0) is 12.5. The van der Waals surface area contributed by atoms with Crippen molar-refractivity contribution >= 4 is 0 Å². The van der Waals surface area contributed by atoms with E-state index < -0.39 is 5.82 Å². The van der Waals surface area contributed by atoms with Crippen LogP contribution in [0, 0.1) is 5.82 Å². The Bertz CT molecular complexity index is 585. The highest BCUT2D eigenvalue weighted by Crippen LogP contribution is 2.34. The summed E-state index contributed by atoms with van der Waals surface area (Å²) in [7, 11) is 0. The third kappa shape index (κ3) is 1.73. The minimum absolute atomic E-state index is 0.108. The first-order chi connectivity index (χ1) is 8.79. The average molecular weight is 251 g/mol. The van der Waals surface area contributed by atoms with Crippen LogP contribution < -0.4 is 10.5 Å². The first-order valence-electron chi connectivity index (χ1n) is 5.34. The Labute approximate surface area is 101 Å². The first-order valence-corrected chi connectivity index (χ1v) is 5.34. The number of nitrogens with two attached hydrogens (primary N) is 1. The van der Waals surface area contributed by atoms with Crippen molar-refractivity contribution in [2.24, 2.45) is 5.73 Å². The lowest BCUT2D eigenvalue weighted by atomic mass is 10.1. The molecule has 1 aliphatic heterocycles. The largest absolute Gasteiger partial charge is 0.467 e. The molecule has 1 aromatic carbocycles. The van der Waals surface area contributed by atoms with Gasteiger partial charge in [-0.1, -0.05) is 5.16 Å². The second-order valence-electron chi connectivity index (χ2n) is 3.73. The number of aromatic nitrogens is 2. The highest BCUT2D eigenvalue weighted by molar-refractivity contribution is 5.64. The van der Waals surface area contributed by atoms with Crippen LogP contribution in [0.4, 0.5) is 4.39 Å². The van der Waals surface area contributed by atoms with Gasteiger partial charge in [-0.25, -0.2) is 4.39 Å². The Hall–Kier alpha value is -1.99. The van der Waals surface area contributed by atoms with Crippen molar-refractivity contribution in [3.05, 3.63) is 29.4 Å². The molecule has 0 saturated carbocycles. The van der Waals surface area contributed by atoms with Crippen LogP contribution in [0.2, 0.25) is 0 Å². The number of ether oxygens (including phenoxy) is 2. The number of rotatable bonds is 2. The van der Waals surface area contributed by atoms with E-state index in [4.69, 9.17) is 19.7 Å². The summed E-state index contributed by atoms with van der Waals surface area (Å²) in [5.41, 5.74) is 6.18. The molecular formula is C11H10FN3O3. The predicted octanol–water partition coefficient (Wildman–Crippen LogP) is 1.20. The van der Waals surface area contributed by atoms with Gasteiger partial charge in [-0.3, -0.25) is 0 Å². The van der Waals surface area contributed by atoms with Gasteiger partial charge in [-0.15, -0.1) is 0 Å². The van der Waals surface area contributed by atoms with Crippen molar-refractivity contribution in [1.29, 1.82) is 0 Å². The maximum absolute atomic E-state index is 13.9. The van der Waals surface area contributed by atoms with Crippen molar-refractivity contribution in [2.45, 2.75) is 13.2 Å². The third-order valence-electron chi connectivity index (χ3n) is 2.63. The third-order valence-corrected chi connectivity index (χ3v) is 2.63. The molecular weight excluding hydrogens is 241 g/mol. The van der Waals surface area contributed by atoms with Gasteiger partial charge >= 0.3 is 0 Å². The van der Waals surface area contributed by atoms with Crippen LogP contribution in [0.5, 0.6) is 5.75 Å². The molecule has 0 spiro atoms. The molecule has 0 atom stereocenters. The molecule has 94 valence electrons. The summed E-state index contributed by atoms with van der Waals surface area (Å²) in [5.74, 6) is 0.516. The van der Waals surface area contributed by atoms with Gasteiger partial charge in [-0.2, -0.15) is 4.98 Å². The number of hydrogen-bond acceptors (Lipinski definition) is 6. The summed E-state index contributed by atoms with van der Waals surface area (Å²) < 4.78 is 29.2. The van der Waals surface area contributed by atoms with Crippen LogP contribution in [0.15, 0.2) is 16.7 Å². The molecule has 0 unspecified atom stereocenters. The van der Waals surface area contributed by atoms with E-state index in [1.165, 1.54) is 6.07 Å². The normalized spacial score (nSPS) is 14.1. The van der Waals surface area contributed by atoms with E-state index in [-0.39, 0.29) is 37.2 Å². The lowest BCUT2D eigenvalue weighted by Crippen LogP contribution is -2.13. The van der Waals surface area contributed by atoms with E-state index in [0.717, 1.165) is 0 Å². The van der Waals surface area contributed by atoms with E-state index in [1.807, 2.05) is 0 Å². The molecule has 2 aromatic rings. The number of benzene rings is 1. The smallest absolute Gasteiger partial charge is 0.240 e. The summed E-state index contributed by atoms with van der Waals surface area (Å²) in [6, 6.07) is 2.86. The zero-order valence-electron chi connectivity index (χ0n) is 9.35. The zero-order valence-corrected chi connectivity index (χ0v) is 9.35. The topological polar surface area (TPSA) is 83.4 Å². The number of nitrogens with zero attached hydrogens (tertiary/aromatic N) is 2. The van der Waals surface area contributed by atoms with Crippen LogP contribution in [0.3, 0.4) is 0 Å². The van der Waals surface area contributed by atoms with Gasteiger partial charge in [0.15, 0.2) is 6.79 Å². The molecule has 0 amide bonds. The molecule has 2 N–H and O–H groups in total. The Morgan fingerprint density at radius 2 is 2.28 bits per heavy atom. The number of hydrogen-bond donors (Lipinski definition) is 1. The molecule has 1 aromatic heterocycles. The van der Waals surface area contributed by atoms with Crippen molar-refractivity contribution in [3.63, 3.8) is 0 Å². The van der Waals surface area contributed by atoms with Crippen LogP contribution in [0.25, 0.3) is 11.4 Å². The van der Waals surface area contributed by atoms with Crippen LogP contribution in [-0.2, 0) is 17.9 Å². The lowest BCUT2D eigenvalue weighted by molar-refractivity contribution is -0.0162. The van der Waals surface area contributed by atoms with Crippen LogP contribution in [-0.4, -0.2) is 16.9 Å². The summed E-state index contributed by atoms with van der Waals surface area (Å²) >= 11 is 0. The summed E-state index contributed by atoms with van der Waals surface area (Å²) in [4.78, 5) is 4.01. The second kappa shape index (κ2) is 4.35. The van der Waals surface area contributed by atoms with E-state index in [2.05, 4.69) is 10.1 Å². The average Bonchev–Trinajstić information content (AvgIpc) is 2.87. The standard InChI is InChI=1S/C11H10FN3O3/c12-7-1-2-8-6(4-16-5-17-8)10(7)11-14-9(3-13)18-15-11/h1-2H,3-5,13H2. The monoisotopic (exact) mass is 251 g/mol. The molecule has 0 saturated heterocycles. The van der Waals surface area contributed by atoms with Crippen molar-refractivity contribution in [2.75, 3.05) is 6.79 Å². The Balaban J connectivity index is 2.15. The molecule has 2 heterocycles. The van der Waals surface area contributed by atoms with E-state index in [0.29, 0.717) is 11.3 Å². The van der Waals surface area contributed by atoms with E-state index >= 15 is 0 Å². The second-order valence-corrected chi connectivity index (χ2v) is 3.73. The van der Waals surface area contributed by atoms with Gasteiger partial charge in [-0.05, 0) is 12.1 Å². The fourth-order valence-corrected chi connectivity index (χ4v) is 1.81. The maximum Gasteiger partial charge on any atom is 0.240 e. The lowest BCUT2D eigenvalue weighted by Gasteiger charge is -2.19. The van der Waals surface area contributed by atoms with E-state index in [1.54, 1.807) is 6.07 Å². The molecule has 0 aliphatic carbocycles. The maximum atomic E-state index is 13.9. The Morgan fingerprint density at radius 3 is 3.06 bits per heavy atom. The van der Waals surface area contributed by atoms with Crippen LogP contribution in [0.1, 0.15) is 11.5 Å². The molecule has 0 fully saturated rings. The van der Waals surface area contributed by atoms with Gasteiger partial charge in [0.1, 0.15) is 11.6 Å². The van der Waals surface area contributed by atoms with Gasteiger partial charge < -0.3 is 19.7 Å². The van der Waals surface area contributed by atoms with Crippen molar-refractivity contribution in [1.82, 2.24) is 10.1 Å². The fourth-order valence-electron chi connectivity index (χ4n) is 1.81. The molecule has 7 heteroatoms. The summed E-state index contributed by atoms with van der Waals surface area (Å²) in [6.07, 6.45) is 0. The molecule has 0 bridgehead atoms. The molecule has 0 radical (unpaired) electrons. The van der Waals surface area contributed by atoms with Gasteiger partial charge in [0, 0.05) is 5.56 Å². The van der Waals surface area contributed by atoms with Gasteiger partial charge in [0.05, 0.1) is 18.7 Å². The van der Waals surface area contributed by atoms with Gasteiger partial charge in [0.2, 0.25) is 11.7 Å².